The fraction of sp³-hybridized carbons (Fsp3) is 0.760. The first-order valence-electron chi connectivity index (χ1n) is 24.0. The summed E-state index contributed by atoms with van der Waals surface area (Å²) >= 11 is 0. The van der Waals surface area contributed by atoms with Crippen LogP contribution in [-0.2, 0) is 32.7 Å². The maximum atomic E-state index is 12.7. The van der Waals surface area contributed by atoms with Gasteiger partial charge in [-0.3, -0.25) is 14.2 Å². The number of carbonyl (C=O) groups excluding carboxylic acids is 2. The molecule has 0 spiro atoms. The number of unbranched alkanes of at least 4 members (excludes halogenated alkanes) is 19. The van der Waals surface area contributed by atoms with Crippen molar-refractivity contribution < 1.29 is 42.1 Å². The second-order valence-corrected chi connectivity index (χ2v) is 18.5. The van der Waals surface area contributed by atoms with E-state index in [1.165, 1.54) is 77.0 Å². The summed E-state index contributed by atoms with van der Waals surface area (Å²) in [6, 6.07) is 0. The molecule has 10 heteroatoms. The van der Waals surface area contributed by atoms with E-state index in [4.69, 9.17) is 18.5 Å². The van der Waals surface area contributed by atoms with Crippen LogP contribution < -0.4 is 4.89 Å². The highest BCUT2D eigenvalue weighted by Crippen LogP contribution is 2.38. The molecule has 0 aromatic heterocycles. The molecular formula is C50H90NO8P. The Morgan fingerprint density at radius 1 is 0.533 bits per heavy atom. The molecule has 60 heavy (non-hydrogen) atoms. The molecule has 0 bridgehead atoms. The Labute approximate surface area is 368 Å². The molecule has 0 aliphatic carbocycles. The molecule has 0 fully saturated rings. The molecule has 0 N–H and O–H groups in total. The van der Waals surface area contributed by atoms with Gasteiger partial charge in [-0.1, -0.05) is 184 Å². The van der Waals surface area contributed by atoms with Gasteiger partial charge in [0.1, 0.15) is 19.8 Å². The second kappa shape index (κ2) is 42.0. The largest absolute Gasteiger partial charge is 0.756 e. The van der Waals surface area contributed by atoms with Crippen LogP contribution in [0.4, 0.5) is 0 Å². The fourth-order valence-electron chi connectivity index (χ4n) is 6.33. The van der Waals surface area contributed by atoms with Gasteiger partial charge < -0.3 is 27.9 Å². The van der Waals surface area contributed by atoms with E-state index in [1.807, 2.05) is 21.1 Å². The number of hydrogen-bond acceptors (Lipinski definition) is 8. The number of ether oxygens (including phenoxy) is 2. The number of rotatable bonds is 43. The second-order valence-electron chi connectivity index (χ2n) is 17.1. The monoisotopic (exact) mass is 864 g/mol. The normalized spacial score (nSPS) is 14.0. The third-order valence-electron chi connectivity index (χ3n) is 10.1. The van der Waals surface area contributed by atoms with Crippen molar-refractivity contribution in [1.29, 1.82) is 0 Å². The standard InChI is InChI=1S/C50H90NO8P/c1-6-8-10-12-14-16-18-20-22-23-24-25-26-27-29-31-33-35-37-39-41-43-50(53)59-48(47-58-60(54,55)57-45-44-51(3,4)5)46-56-49(52)42-40-38-36-34-32-30-28-21-19-17-15-13-11-9-7-2/h8,10,14,16,20,22,24-25,27,29,48H,6-7,9,11-13,15,17-19,21,23,26,28,30-47H2,1-5H3/b10-8-,16-14-,22-20-,25-24-,29-27-. The van der Waals surface area contributed by atoms with E-state index in [2.05, 4.69) is 74.6 Å². The number of hydrogen-bond donors (Lipinski definition) is 0. The van der Waals surface area contributed by atoms with Gasteiger partial charge >= 0.3 is 11.9 Å². The maximum Gasteiger partial charge on any atom is 0.306 e. The number of phosphoric acid groups is 1. The smallest absolute Gasteiger partial charge is 0.306 e. The average molecular weight is 864 g/mol. The van der Waals surface area contributed by atoms with Gasteiger partial charge in [0.05, 0.1) is 27.7 Å². The number of carbonyl (C=O) groups is 2. The lowest BCUT2D eigenvalue weighted by Crippen LogP contribution is -2.37. The number of nitrogens with zero attached hydrogens (tertiary/aromatic N) is 1. The zero-order valence-corrected chi connectivity index (χ0v) is 40.0. The molecule has 2 unspecified atom stereocenters. The van der Waals surface area contributed by atoms with Crippen molar-refractivity contribution in [2.75, 3.05) is 47.5 Å². The van der Waals surface area contributed by atoms with E-state index in [1.54, 1.807) is 0 Å². The Balaban J connectivity index is 4.35. The summed E-state index contributed by atoms with van der Waals surface area (Å²) < 4.78 is 34.0. The third-order valence-corrected chi connectivity index (χ3v) is 11.0. The summed E-state index contributed by atoms with van der Waals surface area (Å²) in [5.74, 6) is -0.854. The molecular weight excluding hydrogens is 774 g/mol. The number of quaternary nitrogens is 1. The van der Waals surface area contributed by atoms with Crippen LogP contribution in [0.15, 0.2) is 60.8 Å². The van der Waals surface area contributed by atoms with Gasteiger partial charge in [-0.15, -0.1) is 0 Å². The van der Waals surface area contributed by atoms with E-state index in [9.17, 15) is 19.0 Å². The lowest BCUT2D eigenvalue weighted by atomic mass is 10.0. The molecule has 0 aliphatic rings. The minimum atomic E-state index is -4.63. The molecule has 0 aromatic rings. The van der Waals surface area contributed by atoms with E-state index in [0.29, 0.717) is 17.4 Å². The van der Waals surface area contributed by atoms with Crippen molar-refractivity contribution >= 4 is 19.8 Å². The number of likely N-dealkylation sites (N-methyl/N-ethyl adjacent to an activating group) is 1. The van der Waals surface area contributed by atoms with Gasteiger partial charge in [-0.05, 0) is 57.8 Å². The molecule has 0 radical (unpaired) electrons. The summed E-state index contributed by atoms with van der Waals surface area (Å²) in [6.07, 6.45) is 51.0. The summed E-state index contributed by atoms with van der Waals surface area (Å²) in [5.41, 5.74) is 0. The topological polar surface area (TPSA) is 111 Å². The van der Waals surface area contributed by atoms with Crippen LogP contribution in [0.3, 0.4) is 0 Å². The number of allylic oxidation sites excluding steroid dienone is 10. The highest BCUT2D eigenvalue weighted by molar-refractivity contribution is 7.45. The molecule has 2 atom stereocenters. The molecule has 0 saturated heterocycles. The van der Waals surface area contributed by atoms with Gasteiger partial charge in [0.2, 0.25) is 0 Å². The lowest BCUT2D eigenvalue weighted by Gasteiger charge is -2.28. The Bertz CT molecular complexity index is 1210. The quantitative estimate of drug-likeness (QED) is 0.0196. The molecule has 0 aliphatic heterocycles. The minimum Gasteiger partial charge on any atom is -0.756 e. The van der Waals surface area contributed by atoms with E-state index >= 15 is 0 Å². The Morgan fingerprint density at radius 3 is 1.42 bits per heavy atom. The zero-order chi connectivity index (χ0) is 44.3. The molecule has 0 saturated carbocycles. The van der Waals surface area contributed by atoms with Crippen molar-refractivity contribution in [3.63, 3.8) is 0 Å². The first-order chi connectivity index (χ1) is 29.0. The molecule has 9 nitrogen and oxygen atoms in total. The van der Waals surface area contributed by atoms with E-state index < -0.39 is 26.5 Å². The van der Waals surface area contributed by atoms with Crippen LogP contribution in [0.5, 0.6) is 0 Å². The summed E-state index contributed by atoms with van der Waals surface area (Å²) in [7, 11) is 1.15. The van der Waals surface area contributed by atoms with Crippen LogP contribution in [0.25, 0.3) is 0 Å². The summed E-state index contributed by atoms with van der Waals surface area (Å²) in [5, 5.41) is 0. The van der Waals surface area contributed by atoms with Gasteiger partial charge in [-0.25, -0.2) is 0 Å². The van der Waals surface area contributed by atoms with Crippen LogP contribution in [0.1, 0.15) is 194 Å². The van der Waals surface area contributed by atoms with E-state index in [-0.39, 0.29) is 32.0 Å². The SMILES string of the molecule is CC/C=C\C/C=C\C/C=C\C/C=C\C/C=C\CCCCCCCC(=O)OC(COC(=O)CCCCCCCCCCCCCCCCC)COP(=O)([O-])OCC[N+](C)(C)C. The predicted molar refractivity (Wildman–Crippen MR) is 250 cm³/mol. The molecule has 0 aromatic carbocycles. The van der Waals surface area contributed by atoms with Crippen molar-refractivity contribution in [3.8, 4) is 0 Å². The van der Waals surface area contributed by atoms with Crippen LogP contribution in [-0.4, -0.2) is 70.0 Å². The summed E-state index contributed by atoms with van der Waals surface area (Å²) in [4.78, 5) is 37.6. The van der Waals surface area contributed by atoms with Gasteiger partial charge in [0, 0.05) is 12.8 Å². The molecule has 0 rings (SSSR count). The average Bonchev–Trinajstić information content (AvgIpc) is 3.20. The number of esters is 2. The fourth-order valence-corrected chi connectivity index (χ4v) is 7.06. The van der Waals surface area contributed by atoms with Crippen LogP contribution in [0.2, 0.25) is 0 Å². The highest BCUT2D eigenvalue weighted by atomic mass is 31.2. The maximum absolute atomic E-state index is 12.7. The van der Waals surface area contributed by atoms with Crippen molar-refractivity contribution in [3.05, 3.63) is 60.8 Å². The van der Waals surface area contributed by atoms with E-state index in [0.717, 1.165) is 83.5 Å². The Morgan fingerprint density at radius 2 is 0.950 bits per heavy atom. The van der Waals surface area contributed by atoms with Crippen molar-refractivity contribution in [2.24, 2.45) is 0 Å². The van der Waals surface area contributed by atoms with Gasteiger partial charge in [-0.2, -0.15) is 0 Å². The van der Waals surface area contributed by atoms with Gasteiger partial charge in [0.25, 0.3) is 7.82 Å². The minimum absolute atomic E-state index is 0.0364. The van der Waals surface area contributed by atoms with Crippen molar-refractivity contribution in [2.45, 2.75) is 200 Å². The molecule has 0 heterocycles. The van der Waals surface area contributed by atoms with Crippen LogP contribution in [0, 0.1) is 0 Å². The van der Waals surface area contributed by atoms with Crippen LogP contribution >= 0.6 is 7.82 Å². The zero-order valence-electron chi connectivity index (χ0n) is 39.1. The number of phosphoric ester groups is 1. The van der Waals surface area contributed by atoms with Gasteiger partial charge in [0.15, 0.2) is 6.10 Å². The first-order valence-corrected chi connectivity index (χ1v) is 25.5. The molecule has 0 amide bonds. The van der Waals surface area contributed by atoms with Crippen molar-refractivity contribution in [1.82, 2.24) is 0 Å². The Kier molecular flexibility index (Phi) is 40.4. The Hall–Kier alpha value is -2.29. The third kappa shape index (κ3) is 45.2. The predicted octanol–water partition coefficient (Wildman–Crippen LogP) is 13.4. The lowest BCUT2D eigenvalue weighted by molar-refractivity contribution is -0.870. The first kappa shape index (κ1) is 57.7. The highest BCUT2D eigenvalue weighted by Gasteiger charge is 2.21. The summed E-state index contributed by atoms with van der Waals surface area (Å²) in [6.45, 7) is 4.10. The molecule has 348 valence electrons.